The van der Waals surface area contributed by atoms with Gasteiger partial charge in [-0.25, -0.2) is 4.79 Å². The number of aromatic nitrogens is 1. The summed E-state index contributed by atoms with van der Waals surface area (Å²) in [5.74, 6) is -0.192. The van der Waals surface area contributed by atoms with E-state index in [-0.39, 0.29) is 5.91 Å². The van der Waals surface area contributed by atoms with E-state index in [0.717, 1.165) is 11.3 Å². The van der Waals surface area contributed by atoms with Crippen LogP contribution in [0.25, 0.3) is 0 Å². The molecule has 1 N–H and O–H groups in total. The molecule has 0 aliphatic rings. The number of hydrogen-bond acceptors (Lipinski definition) is 5. The summed E-state index contributed by atoms with van der Waals surface area (Å²) in [6.07, 6.45) is 2.06. The quantitative estimate of drug-likeness (QED) is 0.825. The fourth-order valence-corrected chi connectivity index (χ4v) is 1.84. The Balaban J connectivity index is 1.83. The van der Waals surface area contributed by atoms with Crippen LogP contribution < -0.4 is 10.1 Å². The van der Waals surface area contributed by atoms with E-state index >= 15 is 0 Å². The number of amides is 1. The largest absolute Gasteiger partial charge is 0.497 e. The van der Waals surface area contributed by atoms with Gasteiger partial charge in [-0.1, -0.05) is 12.1 Å². The molecule has 0 saturated heterocycles. The maximum Gasteiger partial charge on any atom is 0.340 e. The number of rotatable bonds is 6. The first kappa shape index (κ1) is 16.5. The number of benzene rings is 1. The SMILES string of the molecule is COc1ccc(CNC(=O)[C@H](C)OC(=O)c2cccnc2)cc1. The number of carbonyl (C=O) groups excluding carboxylic acids is 2. The Kier molecular flexibility index (Phi) is 5.68. The van der Waals surface area contributed by atoms with Gasteiger partial charge in [-0.3, -0.25) is 9.78 Å². The van der Waals surface area contributed by atoms with Crippen molar-refractivity contribution in [2.75, 3.05) is 7.11 Å². The second-order valence-electron chi connectivity index (χ2n) is 4.86. The Bertz CT molecular complexity index is 656. The van der Waals surface area contributed by atoms with E-state index in [4.69, 9.17) is 9.47 Å². The predicted octanol–water partition coefficient (Wildman–Crippen LogP) is 1.95. The average Bonchev–Trinajstić information content (AvgIpc) is 2.60. The van der Waals surface area contributed by atoms with Gasteiger partial charge in [0.15, 0.2) is 6.10 Å². The maximum atomic E-state index is 12.0. The molecular formula is C17H18N2O4. The molecule has 0 spiro atoms. The second-order valence-corrected chi connectivity index (χ2v) is 4.86. The van der Waals surface area contributed by atoms with E-state index in [1.54, 1.807) is 25.4 Å². The van der Waals surface area contributed by atoms with Crippen molar-refractivity contribution in [1.82, 2.24) is 10.3 Å². The van der Waals surface area contributed by atoms with Crippen LogP contribution in [0.2, 0.25) is 0 Å². The molecular weight excluding hydrogens is 296 g/mol. The fraction of sp³-hybridized carbons (Fsp3) is 0.235. The first-order valence-electron chi connectivity index (χ1n) is 7.12. The lowest BCUT2D eigenvalue weighted by molar-refractivity contribution is -0.129. The number of carbonyl (C=O) groups is 2. The number of hydrogen-bond donors (Lipinski definition) is 1. The van der Waals surface area contributed by atoms with Gasteiger partial charge < -0.3 is 14.8 Å². The Hall–Kier alpha value is -2.89. The molecule has 1 aromatic carbocycles. The Morgan fingerprint density at radius 1 is 1.22 bits per heavy atom. The van der Waals surface area contributed by atoms with Gasteiger partial charge in [-0.15, -0.1) is 0 Å². The third-order valence-electron chi connectivity index (χ3n) is 3.18. The van der Waals surface area contributed by atoms with Crippen LogP contribution in [0.15, 0.2) is 48.8 Å². The molecule has 0 saturated carbocycles. The highest BCUT2D eigenvalue weighted by Gasteiger charge is 2.18. The Labute approximate surface area is 134 Å². The summed E-state index contributed by atoms with van der Waals surface area (Å²) in [5, 5.41) is 2.72. The molecule has 0 aliphatic carbocycles. The second kappa shape index (κ2) is 7.93. The minimum atomic E-state index is -0.888. The van der Waals surface area contributed by atoms with Crippen molar-refractivity contribution < 1.29 is 19.1 Å². The summed E-state index contributed by atoms with van der Waals surface area (Å²) in [6.45, 7) is 1.87. The van der Waals surface area contributed by atoms with Crippen molar-refractivity contribution in [3.8, 4) is 5.75 Å². The van der Waals surface area contributed by atoms with Gasteiger partial charge in [-0.2, -0.15) is 0 Å². The Morgan fingerprint density at radius 2 is 1.96 bits per heavy atom. The van der Waals surface area contributed by atoms with Gasteiger partial charge in [0.2, 0.25) is 0 Å². The molecule has 0 unspecified atom stereocenters. The van der Waals surface area contributed by atoms with Gasteiger partial charge in [0.05, 0.1) is 12.7 Å². The third-order valence-corrected chi connectivity index (χ3v) is 3.18. The fourth-order valence-electron chi connectivity index (χ4n) is 1.84. The van der Waals surface area contributed by atoms with E-state index in [2.05, 4.69) is 10.3 Å². The molecule has 0 radical (unpaired) electrons. The predicted molar refractivity (Wildman–Crippen MR) is 84.0 cm³/mol. The van der Waals surface area contributed by atoms with Crippen LogP contribution >= 0.6 is 0 Å². The van der Waals surface area contributed by atoms with E-state index < -0.39 is 12.1 Å². The molecule has 6 nitrogen and oxygen atoms in total. The van der Waals surface area contributed by atoms with E-state index in [9.17, 15) is 9.59 Å². The molecule has 23 heavy (non-hydrogen) atoms. The maximum absolute atomic E-state index is 12.0. The number of pyridine rings is 1. The number of nitrogens with zero attached hydrogens (tertiary/aromatic N) is 1. The number of methoxy groups -OCH3 is 1. The highest BCUT2D eigenvalue weighted by Crippen LogP contribution is 2.11. The van der Waals surface area contributed by atoms with Crippen molar-refractivity contribution in [2.24, 2.45) is 0 Å². The summed E-state index contributed by atoms with van der Waals surface area (Å²) in [6, 6.07) is 10.5. The zero-order valence-corrected chi connectivity index (χ0v) is 13.0. The molecule has 0 aliphatic heterocycles. The Morgan fingerprint density at radius 3 is 2.57 bits per heavy atom. The topological polar surface area (TPSA) is 77.5 Å². The molecule has 120 valence electrons. The van der Waals surface area contributed by atoms with Crippen LogP contribution in [0.4, 0.5) is 0 Å². The van der Waals surface area contributed by atoms with Gasteiger partial charge in [0.1, 0.15) is 5.75 Å². The normalized spacial score (nSPS) is 11.4. The zero-order chi connectivity index (χ0) is 16.7. The minimum absolute atomic E-state index is 0.308. The molecule has 1 heterocycles. The zero-order valence-electron chi connectivity index (χ0n) is 13.0. The molecule has 1 atom stereocenters. The third kappa shape index (κ3) is 4.81. The molecule has 2 rings (SSSR count). The highest BCUT2D eigenvalue weighted by molar-refractivity contribution is 5.91. The molecule has 0 fully saturated rings. The van der Waals surface area contributed by atoms with Crippen LogP contribution in [-0.4, -0.2) is 30.1 Å². The number of ether oxygens (including phenoxy) is 2. The van der Waals surface area contributed by atoms with Crippen LogP contribution in [0.3, 0.4) is 0 Å². The molecule has 6 heteroatoms. The smallest absolute Gasteiger partial charge is 0.340 e. The van der Waals surface area contributed by atoms with E-state index in [1.165, 1.54) is 13.1 Å². The first-order chi connectivity index (χ1) is 11.1. The average molecular weight is 314 g/mol. The lowest BCUT2D eigenvalue weighted by atomic mass is 10.2. The van der Waals surface area contributed by atoms with Crippen LogP contribution in [0, 0.1) is 0 Å². The van der Waals surface area contributed by atoms with Crippen molar-refractivity contribution in [1.29, 1.82) is 0 Å². The van der Waals surface area contributed by atoms with Gasteiger partial charge in [0.25, 0.3) is 5.91 Å². The molecule has 0 bridgehead atoms. The molecule has 1 aromatic heterocycles. The standard InChI is InChI=1S/C17H18N2O4/c1-12(23-17(21)14-4-3-9-18-11-14)16(20)19-10-13-5-7-15(22-2)8-6-13/h3-9,11-12H,10H2,1-2H3,(H,19,20)/t12-/m0/s1. The summed E-state index contributed by atoms with van der Waals surface area (Å²) in [5.41, 5.74) is 1.23. The van der Waals surface area contributed by atoms with Crippen LogP contribution in [-0.2, 0) is 16.1 Å². The van der Waals surface area contributed by atoms with Crippen molar-refractivity contribution in [2.45, 2.75) is 19.6 Å². The minimum Gasteiger partial charge on any atom is -0.497 e. The lowest BCUT2D eigenvalue weighted by Crippen LogP contribution is -2.35. The summed E-state index contributed by atoms with van der Waals surface area (Å²) >= 11 is 0. The van der Waals surface area contributed by atoms with Gasteiger partial charge in [0, 0.05) is 18.9 Å². The van der Waals surface area contributed by atoms with Gasteiger partial charge in [-0.05, 0) is 36.8 Å². The number of esters is 1. The van der Waals surface area contributed by atoms with E-state index in [1.807, 2.05) is 24.3 Å². The van der Waals surface area contributed by atoms with Crippen molar-refractivity contribution >= 4 is 11.9 Å². The first-order valence-corrected chi connectivity index (χ1v) is 7.12. The van der Waals surface area contributed by atoms with Crippen molar-refractivity contribution in [3.05, 3.63) is 59.9 Å². The summed E-state index contributed by atoms with van der Waals surface area (Å²) in [7, 11) is 1.59. The highest BCUT2D eigenvalue weighted by atomic mass is 16.5. The lowest BCUT2D eigenvalue weighted by Gasteiger charge is -2.13. The van der Waals surface area contributed by atoms with E-state index in [0.29, 0.717) is 12.1 Å². The van der Waals surface area contributed by atoms with Crippen molar-refractivity contribution in [3.63, 3.8) is 0 Å². The summed E-state index contributed by atoms with van der Waals surface area (Å²) in [4.78, 5) is 27.7. The van der Waals surface area contributed by atoms with Gasteiger partial charge >= 0.3 is 5.97 Å². The molecule has 2 aromatic rings. The van der Waals surface area contributed by atoms with Crippen LogP contribution in [0.5, 0.6) is 5.75 Å². The monoisotopic (exact) mass is 314 g/mol. The summed E-state index contributed by atoms with van der Waals surface area (Å²) < 4.78 is 10.2. The number of nitrogens with one attached hydrogen (secondary N) is 1. The molecule has 1 amide bonds. The van der Waals surface area contributed by atoms with Crippen LogP contribution in [0.1, 0.15) is 22.8 Å².